The van der Waals surface area contributed by atoms with Crippen molar-refractivity contribution in [2.24, 2.45) is 0 Å². The minimum Gasteiger partial charge on any atom is -0.0985 e. The van der Waals surface area contributed by atoms with Crippen LogP contribution < -0.4 is 0 Å². The Hall–Kier alpha value is -1.30. The van der Waals surface area contributed by atoms with E-state index in [0.717, 1.165) is 0 Å². The SMILES string of the molecule is C1=C\CCCCCC/1.C=Cc1ccccc1. The van der Waals surface area contributed by atoms with Gasteiger partial charge in [-0.05, 0) is 31.2 Å². The van der Waals surface area contributed by atoms with Crippen LogP contribution in [0.2, 0.25) is 0 Å². The minimum atomic E-state index is 1.17. The molecule has 86 valence electrons. The van der Waals surface area contributed by atoms with Gasteiger partial charge in [-0.25, -0.2) is 0 Å². The summed E-state index contributed by atoms with van der Waals surface area (Å²) in [5.41, 5.74) is 1.17. The Kier molecular flexibility index (Phi) is 7.15. The van der Waals surface area contributed by atoms with Crippen molar-refractivity contribution in [2.75, 3.05) is 0 Å². The van der Waals surface area contributed by atoms with Crippen molar-refractivity contribution in [3.63, 3.8) is 0 Å². The van der Waals surface area contributed by atoms with Crippen LogP contribution in [0.5, 0.6) is 0 Å². The molecule has 16 heavy (non-hydrogen) atoms. The molecule has 0 spiro atoms. The number of benzene rings is 1. The van der Waals surface area contributed by atoms with Gasteiger partial charge in [0.05, 0.1) is 0 Å². The maximum absolute atomic E-state index is 3.63. The second kappa shape index (κ2) is 8.96. The van der Waals surface area contributed by atoms with Gasteiger partial charge in [-0.15, -0.1) is 0 Å². The van der Waals surface area contributed by atoms with Gasteiger partial charge in [0.25, 0.3) is 0 Å². The van der Waals surface area contributed by atoms with E-state index < -0.39 is 0 Å². The number of hydrogen-bond acceptors (Lipinski definition) is 0. The van der Waals surface area contributed by atoms with Gasteiger partial charge in [0, 0.05) is 0 Å². The van der Waals surface area contributed by atoms with Gasteiger partial charge in [0.15, 0.2) is 0 Å². The first-order chi connectivity index (χ1) is 7.93. The van der Waals surface area contributed by atoms with Crippen LogP contribution in [0.15, 0.2) is 49.1 Å². The largest absolute Gasteiger partial charge is 0.0985 e. The maximum Gasteiger partial charge on any atom is -0.0263 e. The molecule has 0 heterocycles. The lowest BCUT2D eigenvalue weighted by Gasteiger charge is -2.00. The van der Waals surface area contributed by atoms with Crippen LogP contribution in [0.3, 0.4) is 0 Å². The number of allylic oxidation sites excluding steroid dienone is 2. The Balaban J connectivity index is 0.000000160. The van der Waals surface area contributed by atoms with Crippen molar-refractivity contribution in [1.29, 1.82) is 0 Å². The Morgan fingerprint density at radius 3 is 1.81 bits per heavy atom. The van der Waals surface area contributed by atoms with Crippen molar-refractivity contribution < 1.29 is 0 Å². The first-order valence-electron chi connectivity index (χ1n) is 6.26. The molecular formula is C16H22. The molecular weight excluding hydrogens is 192 g/mol. The first kappa shape index (κ1) is 12.8. The van der Waals surface area contributed by atoms with Gasteiger partial charge in [-0.1, -0.05) is 68.0 Å². The van der Waals surface area contributed by atoms with E-state index in [9.17, 15) is 0 Å². The van der Waals surface area contributed by atoms with Crippen LogP contribution in [0.25, 0.3) is 6.08 Å². The third-order valence-corrected chi connectivity index (χ3v) is 2.69. The fraction of sp³-hybridized carbons (Fsp3) is 0.375. The topological polar surface area (TPSA) is 0 Å². The number of rotatable bonds is 1. The summed E-state index contributed by atoms with van der Waals surface area (Å²) in [6.07, 6.45) is 14.8. The Labute approximate surface area is 99.7 Å². The highest BCUT2D eigenvalue weighted by Crippen LogP contribution is 2.09. The molecule has 0 radical (unpaired) electrons. The smallest absolute Gasteiger partial charge is 0.0263 e. The van der Waals surface area contributed by atoms with Crippen molar-refractivity contribution in [3.8, 4) is 0 Å². The lowest BCUT2D eigenvalue weighted by Crippen LogP contribution is -1.80. The molecule has 1 aliphatic rings. The van der Waals surface area contributed by atoms with Gasteiger partial charge >= 0.3 is 0 Å². The Morgan fingerprint density at radius 2 is 1.38 bits per heavy atom. The van der Waals surface area contributed by atoms with E-state index in [4.69, 9.17) is 0 Å². The second-order valence-electron chi connectivity index (χ2n) is 4.08. The summed E-state index contributed by atoms with van der Waals surface area (Å²) in [6.45, 7) is 3.63. The molecule has 2 rings (SSSR count). The van der Waals surface area contributed by atoms with E-state index in [-0.39, 0.29) is 0 Å². The summed E-state index contributed by atoms with van der Waals surface area (Å²) < 4.78 is 0. The predicted molar refractivity (Wildman–Crippen MR) is 73.4 cm³/mol. The van der Waals surface area contributed by atoms with Crippen molar-refractivity contribution in [3.05, 3.63) is 54.6 Å². The van der Waals surface area contributed by atoms with Crippen LogP contribution in [0, 0.1) is 0 Å². The molecule has 0 saturated carbocycles. The fourth-order valence-corrected chi connectivity index (χ4v) is 1.70. The van der Waals surface area contributed by atoms with E-state index in [1.165, 1.54) is 44.1 Å². The lowest BCUT2D eigenvalue weighted by molar-refractivity contribution is 0.638. The molecule has 0 N–H and O–H groups in total. The zero-order valence-electron chi connectivity index (χ0n) is 10.1. The molecule has 0 aromatic heterocycles. The van der Waals surface area contributed by atoms with E-state index >= 15 is 0 Å². The van der Waals surface area contributed by atoms with Crippen LogP contribution in [0.1, 0.15) is 44.1 Å². The minimum absolute atomic E-state index is 1.17. The average Bonchev–Trinajstić information content (AvgIpc) is 2.30. The van der Waals surface area contributed by atoms with E-state index in [1.54, 1.807) is 0 Å². The zero-order valence-corrected chi connectivity index (χ0v) is 10.1. The van der Waals surface area contributed by atoms with Gasteiger partial charge in [-0.2, -0.15) is 0 Å². The average molecular weight is 214 g/mol. The van der Waals surface area contributed by atoms with Crippen LogP contribution in [-0.4, -0.2) is 0 Å². The Morgan fingerprint density at radius 1 is 0.812 bits per heavy atom. The normalized spacial score (nSPS) is 17.2. The van der Waals surface area contributed by atoms with Crippen molar-refractivity contribution in [2.45, 2.75) is 38.5 Å². The third-order valence-electron chi connectivity index (χ3n) is 2.69. The molecule has 1 aromatic rings. The third kappa shape index (κ3) is 6.23. The molecule has 0 fully saturated rings. The quantitative estimate of drug-likeness (QED) is 0.562. The summed E-state index contributed by atoms with van der Waals surface area (Å²) in [4.78, 5) is 0. The molecule has 1 aliphatic carbocycles. The van der Waals surface area contributed by atoms with Crippen molar-refractivity contribution in [1.82, 2.24) is 0 Å². The van der Waals surface area contributed by atoms with Crippen LogP contribution in [0.4, 0.5) is 0 Å². The molecule has 0 heteroatoms. The highest BCUT2D eigenvalue weighted by molar-refractivity contribution is 5.45. The Bertz CT molecular complexity index is 285. The maximum atomic E-state index is 3.63. The molecule has 0 atom stereocenters. The molecule has 1 aromatic carbocycles. The van der Waals surface area contributed by atoms with Crippen molar-refractivity contribution >= 4 is 6.08 Å². The molecule has 0 bridgehead atoms. The summed E-state index contributed by atoms with van der Waals surface area (Å²) in [5.74, 6) is 0. The summed E-state index contributed by atoms with van der Waals surface area (Å²) >= 11 is 0. The van der Waals surface area contributed by atoms with E-state index in [0.29, 0.717) is 0 Å². The fourth-order valence-electron chi connectivity index (χ4n) is 1.70. The standard InChI is InChI=1S/C8H8.C8H14/c1-2-8-6-4-3-5-7-8;1-2-4-6-8-7-5-3-1/h2-7H,1H2;1-2H,3-8H2/b;2-1-. The highest BCUT2D eigenvalue weighted by atomic mass is 14.0. The van der Waals surface area contributed by atoms with Crippen LogP contribution in [-0.2, 0) is 0 Å². The monoisotopic (exact) mass is 214 g/mol. The summed E-state index contributed by atoms with van der Waals surface area (Å²) in [6, 6.07) is 10.0. The molecule has 0 nitrogen and oxygen atoms in total. The first-order valence-corrected chi connectivity index (χ1v) is 6.26. The number of hydrogen-bond donors (Lipinski definition) is 0. The van der Waals surface area contributed by atoms with Gasteiger partial charge in [-0.3, -0.25) is 0 Å². The van der Waals surface area contributed by atoms with Gasteiger partial charge in [0.1, 0.15) is 0 Å². The lowest BCUT2D eigenvalue weighted by atomic mass is 10.1. The van der Waals surface area contributed by atoms with Gasteiger partial charge in [0.2, 0.25) is 0 Å². The zero-order chi connectivity index (χ0) is 11.5. The summed E-state index contributed by atoms with van der Waals surface area (Å²) in [5, 5.41) is 0. The van der Waals surface area contributed by atoms with Gasteiger partial charge < -0.3 is 0 Å². The molecule has 0 amide bonds. The molecule has 0 saturated heterocycles. The van der Waals surface area contributed by atoms with Crippen LogP contribution >= 0.6 is 0 Å². The van der Waals surface area contributed by atoms with E-state index in [1.807, 2.05) is 36.4 Å². The molecule has 0 aliphatic heterocycles. The van der Waals surface area contributed by atoms with E-state index in [2.05, 4.69) is 18.7 Å². The second-order valence-corrected chi connectivity index (χ2v) is 4.08. The molecule has 0 unspecified atom stereocenters. The summed E-state index contributed by atoms with van der Waals surface area (Å²) in [7, 11) is 0. The highest BCUT2D eigenvalue weighted by Gasteiger charge is 1.89. The predicted octanol–water partition coefficient (Wildman–Crippen LogP) is 5.23.